The van der Waals surface area contributed by atoms with Crippen LogP contribution in [0.25, 0.3) is 0 Å². The van der Waals surface area contributed by atoms with Crippen LogP contribution in [0.5, 0.6) is 0 Å². The molecule has 0 fully saturated rings. The zero-order chi connectivity index (χ0) is 21.4. The Morgan fingerprint density at radius 1 is 1.00 bits per heavy atom. The number of fused-ring (bicyclic) bond motifs is 2. The summed E-state index contributed by atoms with van der Waals surface area (Å²) in [7, 11) is 0. The average Bonchev–Trinajstić information content (AvgIpc) is 3.28. The van der Waals surface area contributed by atoms with E-state index in [-0.39, 0.29) is 6.54 Å². The van der Waals surface area contributed by atoms with E-state index in [2.05, 4.69) is 27.3 Å². The molecule has 0 saturated carbocycles. The molecule has 0 saturated heterocycles. The van der Waals surface area contributed by atoms with Gasteiger partial charge in [-0.2, -0.15) is 0 Å². The highest BCUT2D eigenvalue weighted by molar-refractivity contribution is 7.15. The number of rotatable bonds is 5. The Hall–Kier alpha value is -3.36. The summed E-state index contributed by atoms with van der Waals surface area (Å²) >= 11 is 1.45. The SMILES string of the molecule is O=C(CN1C(=O)c2ccccc2C1=O)Nc1nc2c(s1)CN(Cc1ccccc1)CC2. The lowest BCUT2D eigenvalue weighted by molar-refractivity contribution is -0.116. The number of amides is 3. The van der Waals surface area contributed by atoms with E-state index in [1.165, 1.54) is 16.9 Å². The second-order valence-electron chi connectivity index (χ2n) is 7.63. The first-order chi connectivity index (χ1) is 15.1. The molecular formula is C23H20N4O3S. The fraction of sp³-hybridized carbons (Fsp3) is 0.217. The monoisotopic (exact) mass is 432 g/mol. The smallest absolute Gasteiger partial charge is 0.262 e. The van der Waals surface area contributed by atoms with Crippen LogP contribution in [-0.2, 0) is 24.3 Å². The number of thiazole rings is 1. The lowest BCUT2D eigenvalue weighted by atomic mass is 10.1. The van der Waals surface area contributed by atoms with Gasteiger partial charge in [-0.3, -0.25) is 24.2 Å². The van der Waals surface area contributed by atoms with Gasteiger partial charge in [0.1, 0.15) is 6.54 Å². The third-order valence-electron chi connectivity index (χ3n) is 5.49. The molecule has 0 atom stereocenters. The highest BCUT2D eigenvalue weighted by Crippen LogP contribution is 2.29. The fourth-order valence-electron chi connectivity index (χ4n) is 3.96. The van der Waals surface area contributed by atoms with Crippen molar-refractivity contribution in [1.29, 1.82) is 0 Å². The molecule has 5 rings (SSSR count). The summed E-state index contributed by atoms with van der Waals surface area (Å²) in [5.74, 6) is -1.31. The summed E-state index contributed by atoms with van der Waals surface area (Å²) in [5.41, 5.74) is 2.95. The van der Waals surface area contributed by atoms with E-state index in [9.17, 15) is 14.4 Å². The van der Waals surface area contributed by atoms with Gasteiger partial charge in [-0.05, 0) is 17.7 Å². The molecule has 0 bridgehead atoms. The third kappa shape index (κ3) is 3.87. The number of hydrogen-bond donors (Lipinski definition) is 1. The first kappa shape index (κ1) is 19.6. The maximum absolute atomic E-state index is 12.5. The van der Waals surface area contributed by atoms with Crippen molar-refractivity contribution >= 4 is 34.2 Å². The van der Waals surface area contributed by atoms with Gasteiger partial charge in [0.05, 0.1) is 16.8 Å². The first-order valence-electron chi connectivity index (χ1n) is 10.1. The summed E-state index contributed by atoms with van der Waals surface area (Å²) in [6, 6.07) is 16.9. The van der Waals surface area contributed by atoms with E-state index in [1.807, 2.05) is 18.2 Å². The van der Waals surface area contributed by atoms with Gasteiger partial charge in [-0.1, -0.05) is 42.5 Å². The molecule has 31 heavy (non-hydrogen) atoms. The summed E-state index contributed by atoms with van der Waals surface area (Å²) in [5, 5.41) is 3.27. The summed E-state index contributed by atoms with van der Waals surface area (Å²) in [4.78, 5) is 46.5. The van der Waals surface area contributed by atoms with Crippen LogP contribution in [0.4, 0.5) is 5.13 Å². The largest absolute Gasteiger partial charge is 0.300 e. The summed E-state index contributed by atoms with van der Waals surface area (Å²) in [6.07, 6.45) is 0.826. The van der Waals surface area contributed by atoms with Gasteiger partial charge in [-0.15, -0.1) is 11.3 Å². The van der Waals surface area contributed by atoms with E-state index in [0.717, 1.165) is 41.5 Å². The Kier molecular flexibility index (Phi) is 5.09. The number of aromatic nitrogens is 1. The Balaban J connectivity index is 1.22. The van der Waals surface area contributed by atoms with Crippen LogP contribution in [0.3, 0.4) is 0 Å². The molecule has 3 aromatic rings. The maximum atomic E-state index is 12.5. The molecule has 0 spiro atoms. The van der Waals surface area contributed by atoms with E-state index < -0.39 is 17.7 Å². The average molecular weight is 433 g/mol. The molecule has 8 heteroatoms. The molecule has 3 heterocycles. The molecule has 2 aliphatic rings. The van der Waals surface area contributed by atoms with Crippen LogP contribution < -0.4 is 5.32 Å². The number of hydrogen-bond acceptors (Lipinski definition) is 6. The Bertz CT molecular complexity index is 1140. The van der Waals surface area contributed by atoms with Crippen LogP contribution in [-0.4, -0.2) is 45.6 Å². The van der Waals surface area contributed by atoms with Crippen LogP contribution in [0, 0.1) is 0 Å². The van der Waals surface area contributed by atoms with Crippen molar-refractivity contribution in [2.45, 2.75) is 19.5 Å². The molecule has 2 aromatic carbocycles. The molecular weight excluding hydrogens is 412 g/mol. The molecule has 0 radical (unpaired) electrons. The quantitative estimate of drug-likeness (QED) is 0.627. The zero-order valence-corrected chi connectivity index (χ0v) is 17.5. The number of benzene rings is 2. The van der Waals surface area contributed by atoms with Crippen molar-refractivity contribution in [1.82, 2.24) is 14.8 Å². The maximum Gasteiger partial charge on any atom is 0.262 e. The first-order valence-corrected chi connectivity index (χ1v) is 10.9. The minimum atomic E-state index is -0.439. The van der Waals surface area contributed by atoms with Crippen LogP contribution in [0.15, 0.2) is 54.6 Å². The minimum absolute atomic E-state index is 0.323. The Labute approximate surface area is 183 Å². The van der Waals surface area contributed by atoms with Crippen LogP contribution in [0.2, 0.25) is 0 Å². The lowest BCUT2D eigenvalue weighted by Crippen LogP contribution is -2.37. The molecule has 1 N–H and O–H groups in total. The van der Waals surface area contributed by atoms with E-state index in [0.29, 0.717) is 16.3 Å². The normalized spacial score (nSPS) is 15.7. The number of carbonyl (C=O) groups is 3. The van der Waals surface area contributed by atoms with Gasteiger partial charge in [0, 0.05) is 30.9 Å². The van der Waals surface area contributed by atoms with Gasteiger partial charge in [0.2, 0.25) is 5.91 Å². The number of nitrogens with zero attached hydrogens (tertiary/aromatic N) is 3. The summed E-state index contributed by atoms with van der Waals surface area (Å²) < 4.78 is 0. The van der Waals surface area contributed by atoms with E-state index >= 15 is 0 Å². The predicted octanol–water partition coefficient (Wildman–Crippen LogP) is 2.94. The zero-order valence-electron chi connectivity index (χ0n) is 16.7. The van der Waals surface area contributed by atoms with Gasteiger partial charge >= 0.3 is 0 Å². The van der Waals surface area contributed by atoms with Crippen LogP contribution in [0.1, 0.15) is 36.9 Å². The van der Waals surface area contributed by atoms with Crippen molar-refractivity contribution in [3.63, 3.8) is 0 Å². The number of imide groups is 1. The topological polar surface area (TPSA) is 82.6 Å². The predicted molar refractivity (Wildman–Crippen MR) is 117 cm³/mol. The molecule has 2 aliphatic heterocycles. The second kappa shape index (κ2) is 8.05. The van der Waals surface area contributed by atoms with Crippen molar-refractivity contribution in [3.05, 3.63) is 81.9 Å². The van der Waals surface area contributed by atoms with Crippen LogP contribution >= 0.6 is 11.3 Å². The highest BCUT2D eigenvalue weighted by Gasteiger charge is 2.36. The summed E-state index contributed by atoms with van der Waals surface area (Å²) in [6.45, 7) is 2.25. The highest BCUT2D eigenvalue weighted by atomic mass is 32.1. The third-order valence-corrected chi connectivity index (χ3v) is 6.48. The van der Waals surface area contributed by atoms with Gasteiger partial charge < -0.3 is 5.32 Å². The molecule has 0 unspecified atom stereocenters. The number of anilines is 1. The number of carbonyl (C=O) groups excluding carboxylic acids is 3. The van der Waals surface area contributed by atoms with E-state index in [1.54, 1.807) is 24.3 Å². The Morgan fingerprint density at radius 3 is 2.39 bits per heavy atom. The van der Waals surface area contributed by atoms with Crippen molar-refractivity contribution in [3.8, 4) is 0 Å². The van der Waals surface area contributed by atoms with Gasteiger partial charge in [0.15, 0.2) is 5.13 Å². The number of nitrogens with one attached hydrogen (secondary N) is 1. The molecule has 0 aliphatic carbocycles. The van der Waals surface area contributed by atoms with Gasteiger partial charge in [0.25, 0.3) is 11.8 Å². The van der Waals surface area contributed by atoms with Crippen molar-refractivity contribution < 1.29 is 14.4 Å². The minimum Gasteiger partial charge on any atom is -0.300 e. The van der Waals surface area contributed by atoms with Crippen molar-refractivity contribution in [2.24, 2.45) is 0 Å². The molecule has 3 amide bonds. The standard InChI is InChI=1S/C23H20N4O3S/c28-20(14-27-21(29)16-8-4-5-9-17(16)22(27)30)25-23-24-18-10-11-26(13-19(18)31-23)12-15-6-2-1-3-7-15/h1-9H,10-14H2,(H,24,25,28). The van der Waals surface area contributed by atoms with Gasteiger partial charge in [-0.25, -0.2) is 4.98 Å². The fourth-order valence-corrected chi connectivity index (χ4v) is 5.03. The molecule has 1 aromatic heterocycles. The Morgan fingerprint density at radius 2 is 1.68 bits per heavy atom. The molecule has 7 nitrogen and oxygen atoms in total. The molecule has 156 valence electrons. The second-order valence-corrected chi connectivity index (χ2v) is 8.71. The lowest BCUT2D eigenvalue weighted by Gasteiger charge is -2.25. The van der Waals surface area contributed by atoms with E-state index in [4.69, 9.17) is 0 Å². The van der Waals surface area contributed by atoms with Crippen molar-refractivity contribution in [2.75, 3.05) is 18.4 Å².